The van der Waals surface area contributed by atoms with E-state index in [9.17, 15) is 23.9 Å². The van der Waals surface area contributed by atoms with Gasteiger partial charge in [0.2, 0.25) is 5.91 Å². The summed E-state index contributed by atoms with van der Waals surface area (Å²) in [4.78, 5) is 44.0. The maximum absolute atomic E-state index is 13.3. The Hall–Kier alpha value is -3.79. The molecule has 184 valence electrons. The van der Waals surface area contributed by atoms with Crippen LogP contribution >= 0.6 is 0 Å². The molecule has 0 unspecified atom stereocenters. The number of carbonyl (C=O) groups excluding carboxylic acids is 2. The van der Waals surface area contributed by atoms with Crippen molar-refractivity contribution in [2.45, 2.75) is 32.2 Å². The highest BCUT2D eigenvalue weighted by Gasteiger charge is 2.24. The van der Waals surface area contributed by atoms with Gasteiger partial charge in [0.15, 0.2) is 5.75 Å². The molecule has 1 fully saturated rings. The van der Waals surface area contributed by atoms with Crippen LogP contribution in [0.3, 0.4) is 0 Å². The summed E-state index contributed by atoms with van der Waals surface area (Å²) in [5.41, 5.74) is 0.917. The molecule has 2 aromatic heterocycles. The number of nitrogens with one attached hydrogen (secondary N) is 1. The van der Waals surface area contributed by atoms with E-state index in [0.29, 0.717) is 37.9 Å². The fraction of sp³-hybridized carbons (Fsp3) is 0.360. The Balaban J connectivity index is 1.72. The molecule has 9 nitrogen and oxygen atoms in total. The lowest BCUT2D eigenvalue weighted by Gasteiger charge is -2.18. The van der Waals surface area contributed by atoms with Crippen LogP contribution in [0.4, 0.5) is 4.39 Å². The van der Waals surface area contributed by atoms with Gasteiger partial charge in [-0.05, 0) is 48.6 Å². The van der Waals surface area contributed by atoms with Crippen molar-refractivity contribution in [3.8, 4) is 5.75 Å². The highest BCUT2D eigenvalue weighted by Crippen LogP contribution is 2.26. The van der Waals surface area contributed by atoms with Crippen LogP contribution in [0, 0.1) is 5.82 Å². The molecular formula is C25H27FN4O5. The zero-order valence-electron chi connectivity index (χ0n) is 19.2. The molecule has 1 aromatic carbocycles. The van der Waals surface area contributed by atoms with Gasteiger partial charge < -0.3 is 25.0 Å². The Bertz CT molecular complexity index is 1310. The second kappa shape index (κ2) is 10.6. The summed E-state index contributed by atoms with van der Waals surface area (Å²) in [6.07, 6.45) is 3.78. The van der Waals surface area contributed by atoms with Gasteiger partial charge in [-0.3, -0.25) is 19.4 Å². The lowest BCUT2D eigenvalue weighted by molar-refractivity contribution is -0.127. The summed E-state index contributed by atoms with van der Waals surface area (Å²) >= 11 is 0. The Labute approximate surface area is 200 Å². The van der Waals surface area contributed by atoms with Gasteiger partial charge in [-0.25, -0.2) is 4.39 Å². The summed E-state index contributed by atoms with van der Waals surface area (Å²) in [5, 5.41) is 22.2. The minimum atomic E-state index is -0.802. The molecule has 1 saturated heterocycles. The van der Waals surface area contributed by atoms with Crippen LogP contribution in [0.15, 0.2) is 41.3 Å². The molecule has 0 radical (unpaired) electrons. The molecule has 3 heterocycles. The number of aliphatic hydroxyl groups is 1. The zero-order valence-corrected chi connectivity index (χ0v) is 19.2. The van der Waals surface area contributed by atoms with Crippen molar-refractivity contribution in [3.63, 3.8) is 0 Å². The number of hydrogen-bond donors (Lipinski definition) is 3. The van der Waals surface area contributed by atoms with Crippen molar-refractivity contribution in [1.82, 2.24) is 19.8 Å². The third kappa shape index (κ3) is 5.32. The number of amides is 2. The van der Waals surface area contributed by atoms with Gasteiger partial charge >= 0.3 is 0 Å². The number of pyridine rings is 2. The zero-order chi connectivity index (χ0) is 24.9. The second-order valence-corrected chi connectivity index (χ2v) is 8.51. The average Bonchev–Trinajstić information content (AvgIpc) is 3.25. The van der Waals surface area contributed by atoms with Crippen molar-refractivity contribution in [2.24, 2.45) is 0 Å². The number of aliphatic hydroxyl groups excluding tert-OH is 1. The molecule has 2 amide bonds. The highest BCUT2D eigenvalue weighted by atomic mass is 19.1. The number of aromatic nitrogens is 2. The van der Waals surface area contributed by atoms with Gasteiger partial charge in [0.1, 0.15) is 16.9 Å². The van der Waals surface area contributed by atoms with E-state index in [4.69, 9.17) is 5.11 Å². The van der Waals surface area contributed by atoms with Crippen LogP contribution in [-0.4, -0.2) is 62.7 Å². The number of hydrogen-bond acceptors (Lipinski definition) is 6. The molecule has 3 aromatic rings. The average molecular weight is 483 g/mol. The number of halogens is 1. The normalized spacial score (nSPS) is 13.5. The third-order valence-electron chi connectivity index (χ3n) is 6.06. The smallest absolute Gasteiger partial charge is 0.267 e. The minimum absolute atomic E-state index is 0.0726. The number of nitrogens with zero attached hydrogens (tertiary/aromatic N) is 3. The fourth-order valence-corrected chi connectivity index (χ4v) is 4.33. The van der Waals surface area contributed by atoms with Crippen molar-refractivity contribution >= 4 is 22.8 Å². The first-order chi connectivity index (χ1) is 16.9. The molecule has 35 heavy (non-hydrogen) atoms. The van der Waals surface area contributed by atoms with E-state index >= 15 is 0 Å². The summed E-state index contributed by atoms with van der Waals surface area (Å²) in [7, 11) is 0. The molecule has 1 aliphatic heterocycles. The van der Waals surface area contributed by atoms with Gasteiger partial charge in [0.25, 0.3) is 11.5 Å². The third-order valence-corrected chi connectivity index (χ3v) is 6.06. The predicted octanol–water partition coefficient (Wildman–Crippen LogP) is 1.57. The van der Waals surface area contributed by atoms with Crippen LogP contribution in [0.1, 0.15) is 40.7 Å². The lowest BCUT2D eigenvalue weighted by atomic mass is 10.1. The van der Waals surface area contributed by atoms with Crippen molar-refractivity contribution < 1.29 is 24.2 Å². The van der Waals surface area contributed by atoms with Gasteiger partial charge in [-0.15, -0.1) is 0 Å². The summed E-state index contributed by atoms with van der Waals surface area (Å²) in [6.45, 7) is 0.978. The molecule has 0 saturated carbocycles. The number of rotatable bonds is 9. The summed E-state index contributed by atoms with van der Waals surface area (Å²) < 4.78 is 14.7. The first kappa shape index (κ1) is 24.3. The monoisotopic (exact) mass is 482 g/mol. The van der Waals surface area contributed by atoms with E-state index < -0.39 is 22.8 Å². The van der Waals surface area contributed by atoms with Gasteiger partial charge in [-0.2, -0.15) is 0 Å². The Morgan fingerprint density at radius 1 is 1.14 bits per heavy atom. The highest BCUT2D eigenvalue weighted by molar-refractivity contribution is 6.01. The number of likely N-dealkylation sites (tertiary alicyclic amines) is 1. The van der Waals surface area contributed by atoms with Gasteiger partial charge in [0.05, 0.1) is 12.1 Å². The van der Waals surface area contributed by atoms with Crippen LogP contribution < -0.4 is 10.9 Å². The molecule has 3 N–H and O–H groups in total. The Kier molecular flexibility index (Phi) is 7.40. The van der Waals surface area contributed by atoms with Crippen molar-refractivity contribution in [1.29, 1.82) is 0 Å². The van der Waals surface area contributed by atoms with Crippen LogP contribution in [-0.2, 0) is 17.8 Å². The maximum Gasteiger partial charge on any atom is 0.267 e. The SMILES string of the molecule is O=C(NCCO)c1c(O)c2ncc(Cc3ccc(F)cc3)cc2n(CCCN2CCCC2=O)c1=O. The topological polar surface area (TPSA) is 125 Å². The molecular weight excluding hydrogens is 455 g/mol. The number of fused-ring (bicyclic) bond motifs is 1. The first-order valence-corrected chi connectivity index (χ1v) is 11.5. The molecule has 0 aliphatic carbocycles. The minimum Gasteiger partial charge on any atom is -0.505 e. The van der Waals surface area contributed by atoms with Crippen molar-refractivity contribution in [2.75, 3.05) is 26.2 Å². The maximum atomic E-state index is 13.3. The van der Waals surface area contributed by atoms with Gasteiger partial charge in [-0.1, -0.05) is 12.1 Å². The summed E-state index contributed by atoms with van der Waals surface area (Å²) in [5.74, 6) is -1.59. The quantitative estimate of drug-likeness (QED) is 0.425. The van der Waals surface area contributed by atoms with E-state index in [2.05, 4.69) is 10.3 Å². The van der Waals surface area contributed by atoms with Crippen molar-refractivity contribution in [3.05, 3.63) is 69.4 Å². The largest absolute Gasteiger partial charge is 0.505 e. The van der Waals surface area contributed by atoms with Crippen LogP contribution in [0.2, 0.25) is 0 Å². The molecule has 1 aliphatic rings. The molecule has 4 rings (SSSR count). The Morgan fingerprint density at radius 2 is 1.91 bits per heavy atom. The number of carbonyl (C=O) groups is 2. The lowest BCUT2D eigenvalue weighted by Crippen LogP contribution is -2.35. The predicted molar refractivity (Wildman–Crippen MR) is 127 cm³/mol. The molecule has 0 spiro atoms. The van der Waals surface area contributed by atoms with E-state index in [1.807, 2.05) is 0 Å². The van der Waals surface area contributed by atoms with Gasteiger partial charge in [0, 0.05) is 38.8 Å². The molecule has 0 atom stereocenters. The van der Waals surface area contributed by atoms with E-state index in [1.165, 1.54) is 16.7 Å². The van der Waals surface area contributed by atoms with Crippen LogP contribution in [0.5, 0.6) is 5.75 Å². The summed E-state index contributed by atoms with van der Waals surface area (Å²) in [6, 6.07) is 7.77. The molecule has 10 heteroatoms. The fourth-order valence-electron chi connectivity index (χ4n) is 4.33. The number of benzene rings is 1. The standard InChI is InChI=1S/C25H27FN4O5/c26-18-6-4-16(5-7-18)13-17-14-19-22(28-15-17)23(33)21(24(34)27-8-12-31)25(35)30(19)11-2-10-29-9-1-3-20(29)32/h4-7,14-15,31,33H,1-3,8-13H2,(H,27,34). The van der Waals surface area contributed by atoms with E-state index in [-0.39, 0.29) is 36.9 Å². The second-order valence-electron chi connectivity index (χ2n) is 8.51. The molecule has 0 bridgehead atoms. The van der Waals surface area contributed by atoms with Crippen LogP contribution in [0.25, 0.3) is 11.0 Å². The van der Waals surface area contributed by atoms with E-state index in [1.54, 1.807) is 29.3 Å². The number of aromatic hydroxyl groups is 1. The number of aryl methyl sites for hydroxylation is 1. The Morgan fingerprint density at radius 3 is 2.60 bits per heavy atom. The first-order valence-electron chi connectivity index (χ1n) is 11.5. The van der Waals surface area contributed by atoms with E-state index in [0.717, 1.165) is 17.5 Å².